The van der Waals surface area contributed by atoms with Crippen LogP contribution >= 0.6 is 11.6 Å². The molecular formula is C12H17ClN4O. The van der Waals surface area contributed by atoms with E-state index in [0.717, 1.165) is 0 Å². The predicted molar refractivity (Wildman–Crippen MR) is 75.4 cm³/mol. The van der Waals surface area contributed by atoms with Crippen molar-refractivity contribution in [2.75, 3.05) is 12.3 Å². The summed E-state index contributed by atoms with van der Waals surface area (Å²) in [4.78, 5) is 8.11. The molecule has 1 rings (SSSR count). The van der Waals surface area contributed by atoms with Crippen molar-refractivity contribution >= 4 is 29.2 Å². The van der Waals surface area contributed by atoms with Crippen molar-refractivity contribution in [1.82, 2.24) is 4.98 Å². The number of allylic oxidation sites excluding steroid dienone is 1. The summed E-state index contributed by atoms with van der Waals surface area (Å²) in [6.45, 7) is 4.35. The van der Waals surface area contributed by atoms with Gasteiger partial charge in [0.05, 0.1) is 5.02 Å². The van der Waals surface area contributed by atoms with Gasteiger partial charge in [-0.25, -0.2) is 4.98 Å². The van der Waals surface area contributed by atoms with Crippen LogP contribution in [0.3, 0.4) is 0 Å². The Morgan fingerprint density at radius 1 is 1.67 bits per heavy atom. The van der Waals surface area contributed by atoms with Gasteiger partial charge in [-0.15, -0.1) is 0 Å². The number of pyridine rings is 1. The molecule has 0 aliphatic heterocycles. The molecule has 0 fully saturated rings. The first-order chi connectivity index (χ1) is 8.60. The number of ether oxygens (including phenoxy) is 1. The molecule has 6 heteroatoms. The molecule has 0 radical (unpaired) electrons. The minimum Gasteiger partial charge on any atom is -0.404 e. The van der Waals surface area contributed by atoms with E-state index in [1.54, 1.807) is 18.5 Å². The summed E-state index contributed by atoms with van der Waals surface area (Å²) in [6, 6.07) is 1.73. The van der Waals surface area contributed by atoms with Gasteiger partial charge < -0.3 is 16.2 Å². The molecule has 0 saturated heterocycles. The molecule has 0 spiro atoms. The number of aromatic nitrogens is 1. The van der Waals surface area contributed by atoms with E-state index >= 15 is 0 Å². The second-order valence-electron chi connectivity index (χ2n) is 3.51. The predicted octanol–water partition coefficient (Wildman–Crippen LogP) is 2.07. The van der Waals surface area contributed by atoms with Crippen molar-refractivity contribution in [1.29, 1.82) is 0 Å². The summed E-state index contributed by atoms with van der Waals surface area (Å²) in [7, 11) is 0. The molecule has 1 unspecified atom stereocenters. The van der Waals surface area contributed by atoms with E-state index in [2.05, 4.69) is 9.98 Å². The lowest BCUT2D eigenvalue weighted by molar-refractivity contribution is 0.0836. The lowest BCUT2D eigenvalue weighted by atomic mass is 10.1. The Morgan fingerprint density at radius 3 is 3.00 bits per heavy atom. The largest absolute Gasteiger partial charge is 0.404 e. The van der Waals surface area contributed by atoms with Crippen LogP contribution in [0.4, 0.5) is 5.82 Å². The molecule has 0 aliphatic carbocycles. The molecule has 1 heterocycles. The van der Waals surface area contributed by atoms with Crippen molar-refractivity contribution in [2.45, 2.75) is 20.1 Å². The van der Waals surface area contributed by atoms with E-state index in [4.69, 9.17) is 27.8 Å². The van der Waals surface area contributed by atoms with Crippen molar-refractivity contribution in [3.63, 3.8) is 0 Å². The summed E-state index contributed by atoms with van der Waals surface area (Å²) in [5.41, 5.74) is 12.6. The maximum atomic E-state index is 6.07. The number of nitrogens with two attached hydrogens (primary N) is 2. The van der Waals surface area contributed by atoms with Gasteiger partial charge in [-0.1, -0.05) is 11.6 Å². The van der Waals surface area contributed by atoms with Crippen molar-refractivity contribution in [2.24, 2.45) is 10.7 Å². The highest BCUT2D eigenvalue weighted by Crippen LogP contribution is 2.26. The Morgan fingerprint density at radius 2 is 2.39 bits per heavy atom. The molecule has 0 aliphatic rings. The minimum absolute atomic E-state index is 0.233. The van der Waals surface area contributed by atoms with Crippen molar-refractivity contribution in [3.05, 3.63) is 29.0 Å². The average molecular weight is 269 g/mol. The molecular weight excluding hydrogens is 252 g/mol. The van der Waals surface area contributed by atoms with Crippen LogP contribution < -0.4 is 11.5 Å². The third-order valence-electron chi connectivity index (χ3n) is 2.24. The standard InChI is InChI=1S/C12H17ClN4O/c1-3-18-8(2)17-7-9(6-14)10-4-5-16-12(15)11(10)13/h4-8H,3,14H2,1-2H3,(H2,15,16)/b9-6+,17-7+. The van der Waals surface area contributed by atoms with E-state index in [1.807, 2.05) is 13.8 Å². The van der Waals surface area contributed by atoms with E-state index < -0.39 is 0 Å². The number of anilines is 1. The van der Waals surface area contributed by atoms with Crippen molar-refractivity contribution in [3.8, 4) is 0 Å². The van der Waals surface area contributed by atoms with Gasteiger partial charge in [0, 0.05) is 36.4 Å². The second kappa shape index (κ2) is 6.98. The Kier molecular flexibility index (Phi) is 5.61. The molecule has 5 nitrogen and oxygen atoms in total. The molecule has 98 valence electrons. The lowest BCUT2D eigenvalue weighted by Crippen LogP contribution is -2.05. The molecule has 0 aromatic carbocycles. The van der Waals surface area contributed by atoms with E-state index in [9.17, 15) is 0 Å². The maximum Gasteiger partial charge on any atom is 0.145 e. The fourth-order valence-corrected chi connectivity index (χ4v) is 1.58. The summed E-state index contributed by atoms with van der Waals surface area (Å²) in [5, 5.41) is 0.365. The smallest absolute Gasteiger partial charge is 0.145 e. The summed E-state index contributed by atoms with van der Waals surface area (Å²) < 4.78 is 5.29. The number of hydrogen-bond donors (Lipinski definition) is 2. The number of aliphatic imine (C=N–C) groups is 1. The molecule has 1 aromatic heterocycles. The van der Waals surface area contributed by atoms with Crippen LogP contribution in [0.5, 0.6) is 0 Å². The SMILES string of the molecule is CCOC(C)/N=C/C(=C\N)c1ccnc(N)c1Cl. The molecule has 0 amide bonds. The van der Waals surface area contributed by atoms with Gasteiger partial charge in [-0.3, -0.25) is 4.99 Å². The third kappa shape index (κ3) is 3.72. The first kappa shape index (κ1) is 14.5. The van der Waals surface area contributed by atoms with Crippen LogP contribution in [-0.2, 0) is 4.74 Å². The van der Waals surface area contributed by atoms with Crippen LogP contribution in [0.1, 0.15) is 19.4 Å². The van der Waals surface area contributed by atoms with Gasteiger partial charge in [-0.05, 0) is 19.9 Å². The van der Waals surface area contributed by atoms with Gasteiger partial charge in [-0.2, -0.15) is 0 Å². The Bertz CT molecular complexity index is 459. The second-order valence-corrected chi connectivity index (χ2v) is 3.89. The van der Waals surface area contributed by atoms with Crippen LogP contribution in [0.2, 0.25) is 5.02 Å². The quantitative estimate of drug-likeness (QED) is 0.801. The van der Waals surface area contributed by atoms with Gasteiger partial charge >= 0.3 is 0 Å². The van der Waals surface area contributed by atoms with E-state index in [0.29, 0.717) is 22.8 Å². The molecule has 0 saturated carbocycles. The Labute approximate surface area is 112 Å². The van der Waals surface area contributed by atoms with Gasteiger partial charge in [0.15, 0.2) is 0 Å². The zero-order chi connectivity index (χ0) is 13.5. The normalized spacial score (nSPS) is 14.1. The molecule has 18 heavy (non-hydrogen) atoms. The van der Waals surface area contributed by atoms with Gasteiger partial charge in [0.1, 0.15) is 12.0 Å². The molecule has 4 N–H and O–H groups in total. The topological polar surface area (TPSA) is 86.5 Å². The zero-order valence-electron chi connectivity index (χ0n) is 10.4. The maximum absolute atomic E-state index is 6.07. The Balaban J connectivity index is 2.95. The fourth-order valence-electron chi connectivity index (χ4n) is 1.35. The summed E-state index contributed by atoms with van der Waals surface area (Å²) in [6.07, 6.45) is 4.37. The highest BCUT2D eigenvalue weighted by molar-refractivity contribution is 6.35. The van der Waals surface area contributed by atoms with Crippen LogP contribution in [-0.4, -0.2) is 24.0 Å². The molecule has 0 bridgehead atoms. The van der Waals surface area contributed by atoms with Gasteiger partial charge in [0.25, 0.3) is 0 Å². The van der Waals surface area contributed by atoms with Crippen LogP contribution in [0.15, 0.2) is 23.5 Å². The highest BCUT2D eigenvalue weighted by atomic mass is 35.5. The first-order valence-electron chi connectivity index (χ1n) is 5.57. The zero-order valence-corrected chi connectivity index (χ0v) is 11.2. The highest BCUT2D eigenvalue weighted by Gasteiger charge is 2.08. The number of halogens is 1. The number of nitrogens with zero attached hydrogens (tertiary/aromatic N) is 2. The molecule has 1 atom stereocenters. The van der Waals surface area contributed by atoms with Gasteiger partial charge in [0.2, 0.25) is 0 Å². The third-order valence-corrected chi connectivity index (χ3v) is 2.64. The summed E-state index contributed by atoms with van der Waals surface area (Å²) >= 11 is 6.07. The minimum atomic E-state index is -0.233. The first-order valence-corrected chi connectivity index (χ1v) is 5.95. The Hall–Kier alpha value is -1.59. The van der Waals surface area contributed by atoms with Crippen LogP contribution in [0, 0.1) is 0 Å². The number of rotatable bonds is 5. The number of hydrogen-bond acceptors (Lipinski definition) is 5. The monoisotopic (exact) mass is 268 g/mol. The summed E-state index contributed by atoms with van der Waals surface area (Å²) in [5.74, 6) is 0.264. The van der Waals surface area contributed by atoms with E-state index in [1.165, 1.54) is 6.20 Å². The average Bonchev–Trinajstić information content (AvgIpc) is 2.35. The number of nitrogen functional groups attached to an aromatic ring is 1. The fraction of sp³-hybridized carbons (Fsp3) is 0.333. The van der Waals surface area contributed by atoms with Crippen molar-refractivity contribution < 1.29 is 4.74 Å². The molecule has 1 aromatic rings. The van der Waals surface area contributed by atoms with Crippen LogP contribution in [0.25, 0.3) is 5.57 Å². The van der Waals surface area contributed by atoms with E-state index in [-0.39, 0.29) is 12.0 Å². The lowest BCUT2D eigenvalue weighted by Gasteiger charge is -2.08.